The van der Waals surface area contributed by atoms with Crippen LogP contribution in [-0.2, 0) is 0 Å². The number of aromatic nitrogens is 4. The van der Waals surface area contributed by atoms with Gasteiger partial charge in [-0.3, -0.25) is 4.79 Å². The number of benzene rings is 2. The first-order chi connectivity index (χ1) is 14.4. The van der Waals surface area contributed by atoms with E-state index in [4.69, 9.17) is 0 Å². The molecule has 0 fully saturated rings. The minimum Gasteiger partial charge on any atom is -0.435 e. The molecule has 10 heteroatoms. The lowest BCUT2D eigenvalue weighted by Gasteiger charge is -2.11. The van der Waals surface area contributed by atoms with Gasteiger partial charge in [-0.1, -0.05) is 6.07 Å². The lowest BCUT2D eigenvalue weighted by atomic mass is 10.2. The molecule has 0 aliphatic heterocycles. The smallest absolute Gasteiger partial charge is 0.387 e. The lowest BCUT2D eigenvalue weighted by molar-refractivity contribution is -0.0498. The zero-order valence-electron chi connectivity index (χ0n) is 15.0. The van der Waals surface area contributed by atoms with Gasteiger partial charge in [-0.2, -0.15) is 19.0 Å². The summed E-state index contributed by atoms with van der Waals surface area (Å²) in [5.41, 5.74) is -0.321. The molecule has 2 heterocycles. The molecule has 2 aromatic heterocycles. The molecule has 0 radical (unpaired) electrons. The SMILES string of the molecule is O=c1ccn(-c2cccc(OC(F)F)c2)nc1-c1ccnn1-c1cc(F)ccc1F. The van der Waals surface area contributed by atoms with Gasteiger partial charge in [0.2, 0.25) is 5.43 Å². The van der Waals surface area contributed by atoms with Crippen molar-refractivity contribution in [1.82, 2.24) is 19.6 Å². The summed E-state index contributed by atoms with van der Waals surface area (Å²) in [4.78, 5) is 12.4. The van der Waals surface area contributed by atoms with E-state index in [0.29, 0.717) is 5.69 Å². The highest BCUT2D eigenvalue weighted by atomic mass is 19.3. The Bertz CT molecular complexity index is 1270. The molecule has 4 aromatic rings. The quantitative estimate of drug-likeness (QED) is 0.462. The number of hydrogen-bond acceptors (Lipinski definition) is 4. The average Bonchev–Trinajstić information content (AvgIpc) is 3.19. The average molecular weight is 416 g/mol. The van der Waals surface area contributed by atoms with Gasteiger partial charge in [0.25, 0.3) is 0 Å². The fourth-order valence-corrected chi connectivity index (χ4v) is 2.85. The van der Waals surface area contributed by atoms with E-state index in [-0.39, 0.29) is 22.8 Å². The summed E-state index contributed by atoms with van der Waals surface area (Å²) in [5.74, 6) is -1.51. The Morgan fingerprint density at radius 2 is 1.83 bits per heavy atom. The molecule has 0 spiro atoms. The van der Waals surface area contributed by atoms with Crippen LogP contribution in [-0.4, -0.2) is 26.2 Å². The highest BCUT2D eigenvalue weighted by Crippen LogP contribution is 2.22. The normalized spacial score (nSPS) is 11.1. The Labute approximate surface area is 166 Å². The van der Waals surface area contributed by atoms with Crippen LogP contribution in [0.25, 0.3) is 22.8 Å². The van der Waals surface area contributed by atoms with Gasteiger partial charge < -0.3 is 4.74 Å². The third-order valence-corrected chi connectivity index (χ3v) is 4.14. The number of hydrogen-bond donors (Lipinski definition) is 0. The largest absolute Gasteiger partial charge is 0.435 e. The molecule has 6 nitrogen and oxygen atoms in total. The maximum atomic E-state index is 14.2. The van der Waals surface area contributed by atoms with E-state index in [0.717, 1.165) is 22.9 Å². The number of rotatable bonds is 5. The standard InChI is InChI=1S/C20H12F4N4O2/c21-12-4-5-15(22)17(10-12)28-16(6-8-25-28)19-18(29)7-9-27(26-19)13-2-1-3-14(11-13)30-20(23)24/h1-11,20H. The number of halogens is 4. The summed E-state index contributed by atoms with van der Waals surface area (Å²) in [5, 5.41) is 8.20. The zero-order chi connectivity index (χ0) is 21.3. The molecule has 152 valence electrons. The predicted octanol–water partition coefficient (Wildman–Crippen LogP) is 3.96. The summed E-state index contributed by atoms with van der Waals surface area (Å²) in [6.45, 7) is -2.99. The van der Waals surface area contributed by atoms with E-state index >= 15 is 0 Å². The Balaban J connectivity index is 1.81. The van der Waals surface area contributed by atoms with Gasteiger partial charge >= 0.3 is 6.61 Å². The number of ether oxygens (including phenoxy) is 1. The molecular weight excluding hydrogens is 404 g/mol. The topological polar surface area (TPSA) is 61.9 Å². The molecule has 0 N–H and O–H groups in total. The van der Waals surface area contributed by atoms with Gasteiger partial charge in [-0.25, -0.2) is 18.1 Å². The van der Waals surface area contributed by atoms with Crippen molar-refractivity contribution in [2.75, 3.05) is 0 Å². The van der Waals surface area contributed by atoms with E-state index in [9.17, 15) is 22.4 Å². The number of alkyl halides is 2. The van der Waals surface area contributed by atoms with Crippen LogP contribution in [0.1, 0.15) is 0 Å². The zero-order valence-corrected chi connectivity index (χ0v) is 15.0. The molecule has 2 aromatic carbocycles. The summed E-state index contributed by atoms with van der Waals surface area (Å²) < 4.78 is 59.5. The third kappa shape index (κ3) is 3.79. The van der Waals surface area contributed by atoms with Gasteiger partial charge in [-0.15, -0.1) is 0 Å². The molecule has 0 bridgehead atoms. The first-order valence-corrected chi connectivity index (χ1v) is 8.57. The fraction of sp³-hybridized carbons (Fsp3) is 0.0500. The molecule has 0 atom stereocenters. The van der Waals surface area contributed by atoms with Crippen molar-refractivity contribution >= 4 is 0 Å². The van der Waals surface area contributed by atoms with Crippen molar-refractivity contribution in [2.45, 2.75) is 6.61 Å². The predicted molar refractivity (Wildman–Crippen MR) is 98.9 cm³/mol. The van der Waals surface area contributed by atoms with E-state index in [2.05, 4.69) is 14.9 Å². The Hall–Kier alpha value is -3.95. The number of nitrogens with zero attached hydrogens (tertiary/aromatic N) is 4. The second kappa shape index (κ2) is 7.82. The molecule has 0 aliphatic rings. The van der Waals surface area contributed by atoms with Crippen LogP contribution in [0.3, 0.4) is 0 Å². The summed E-state index contributed by atoms with van der Waals surface area (Å²) >= 11 is 0. The van der Waals surface area contributed by atoms with Crippen LogP contribution in [0.2, 0.25) is 0 Å². The second-order valence-corrected chi connectivity index (χ2v) is 6.07. The second-order valence-electron chi connectivity index (χ2n) is 6.07. The Morgan fingerprint density at radius 1 is 1.00 bits per heavy atom. The molecule has 0 saturated heterocycles. The first kappa shape index (κ1) is 19.4. The van der Waals surface area contributed by atoms with Crippen LogP contribution in [0.15, 0.2) is 71.8 Å². The Morgan fingerprint density at radius 3 is 2.63 bits per heavy atom. The monoisotopic (exact) mass is 416 g/mol. The third-order valence-electron chi connectivity index (χ3n) is 4.14. The van der Waals surface area contributed by atoms with Gasteiger partial charge in [-0.05, 0) is 30.3 Å². The minimum atomic E-state index is -2.99. The van der Waals surface area contributed by atoms with Crippen molar-refractivity contribution in [1.29, 1.82) is 0 Å². The van der Waals surface area contributed by atoms with E-state index in [1.165, 1.54) is 47.4 Å². The van der Waals surface area contributed by atoms with E-state index < -0.39 is 23.7 Å². The highest BCUT2D eigenvalue weighted by molar-refractivity contribution is 5.57. The highest BCUT2D eigenvalue weighted by Gasteiger charge is 2.17. The first-order valence-electron chi connectivity index (χ1n) is 8.57. The fourth-order valence-electron chi connectivity index (χ4n) is 2.85. The molecule has 0 amide bonds. The van der Waals surface area contributed by atoms with Gasteiger partial charge in [0.1, 0.15) is 23.1 Å². The van der Waals surface area contributed by atoms with Crippen molar-refractivity contribution in [3.63, 3.8) is 0 Å². The maximum absolute atomic E-state index is 14.2. The molecular formula is C20H12F4N4O2. The van der Waals surface area contributed by atoms with Crippen LogP contribution in [0.4, 0.5) is 17.6 Å². The van der Waals surface area contributed by atoms with E-state index in [1.807, 2.05) is 0 Å². The molecule has 4 rings (SSSR count). The maximum Gasteiger partial charge on any atom is 0.387 e. The lowest BCUT2D eigenvalue weighted by Crippen LogP contribution is -2.15. The van der Waals surface area contributed by atoms with Crippen molar-refractivity contribution in [2.24, 2.45) is 0 Å². The van der Waals surface area contributed by atoms with Crippen LogP contribution < -0.4 is 10.2 Å². The summed E-state index contributed by atoms with van der Waals surface area (Å²) in [6.07, 6.45) is 2.66. The van der Waals surface area contributed by atoms with Crippen molar-refractivity contribution in [3.8, 4) is 28.5 Å². The molecule has 30 heavy (non-hydrogen) atoms. The van der Waals surface area contributed by atoms with Gasteiger partial charge in [0, 0.05) is 24.4 Å². The summed E-state index contributed by atoms with van der Waals surface area (Å²) in [6, 6.07) is 11.2. The molecule has 0 saturated carbocycles. The van der Waals surface area contributed by atoms with Crippen molar-refractivity contribution < 1.29 is 22.3 Å². The van der Waals surface area contributed by atoms with Crippen LogP contribution in [0.5, 0.6) is 5.75 Å². The summed E-state index contributed by atoms with van der Waals surface area (Å²) in [7, 11) is 0. The molecule has 0 unspecified atom stereocenters. The minimum absolute atomic E-state index is 0.0866. The van der Waals surface area contributed by atoms with Gasteiger partial charge in [0.05, 0.1) is 17.6 Å². The molecule has 0 aliphatic carbocycles. The van der Waals surface area contributed by atoms with Crippen molar-refractivity contribution in [3.05, 3.63) is 88.8 Å². The Kier molecular flexibility index (Phi) is 5.05. The van der Waals surface area contributed by atoms with Crippen LogP contribution >= 0.6 is 0 Å². The van der Waals surface area contributed by atoms with E-state index in [1.54, 1.807) is 6.07 Å². The van der Waals surface area contributed by atoms with Crippen LogP contribution in [0, 0.1) is 11.6 Å². The van der Waals surface area contributed by atoms with Gasteiger partial charge in [0.15, 0.2) is 5.69 Å².